The zero-order valence-electron chi connectivity index (χ0n) is 24.9. The van der Waals surface area contributed by atoms with E-state index in [-0.39, 0.29) is 23.8 Å². The van der Waals surface area contributed by atoms with Crippen LogP contribution in [0, 0.1) is 23.2 Å². The van der Waals surface area contributed by atoms with Crippen LogP contribution in [0.3, 0.4) is 0 Å². The van der Waals surface area contributed by atoms with E-state index in [2.05, 4.69) is 21.3 Å². The third-order valence-electron chi connectivity index (χ3n) is 10.3. The van der Waals surface area contributed by atoms with Gasteiger partial charge in [0, 0.05) is 50.3 Å². The highest BCUT2D eigenvalue weighted by Gasteiger charge is 2.51. The van der Waals surface area contributed by atoms with Gasteiger partial charge in [0.25, 0.3) is 0 Å². The van der Waals surface area contributed by atoms with E-state index in [1.54, 1.807) is 12.5 Å². The summed E-state index contributed by atoms with van der Waals surface area (Å²) in [4.78, 5) is 34.3. The highest BCUT2D eigenvalue weighted by molar-refractivity contribution is 5.85. The molecule has 8 nitrogen and oxygen atoms in total. The quantitative estimate of drug-likeness (QED) is 0.350. The largest absolute Gasteiger partial charge is 0.489 e. The molecule has 1 saturated heterocycles. The van der Waals surface area contributed by atoms with E-state index in [0.717, 1.165) is 59.8 Å². The number of nitrogens with one attached hydrogen (secondary N) is 1. The Morgan fingerprint density at radius 1 is 0.930 bits per heavy atom. The van der Waals surface area contributed by atoms with Crippen LogP contribution in [0.1, 0.15) is 56.1 Å². The van der Waals surface area contributed by atoms with Gasteiger partial charge in [0.15, 0.2) is 0 Å². The molecule has 8 rings (SSSR count). The third-order valence-corrected chi connectivity index (χ3v) is 10.3. The first kappa shape index (κ1) is 28.1. The fraction of sp³-hybridized carbons (Fsp3) is 0.514. The molecule has 0 unspecified atom stereocenters. The predicted molar refractivity (Wildman–Crippen MR) is 163 cm³/mol. The highest BCUT2D eigenvalue weighted by atomic mass is 16.5. The SMILES string of the molecule is O=C(CC12CC3CC(CC(C3)C1)C2)NCC(=O)N1CCN(Cc2ccccc2OCc2ccc(-c3ncco3)cc2)CC1. The maximum atomic E-state index is 13.0. The number of para-hydroxylation sites is 1. The Morgan fingerprint density at radius 3 is 2.30 bits per heavy atom. The maximum Gasteiger partial charge on any atom is 0.242 e. The number of oxazole rings is 1. The Morgan fingerprint density at radius 2 is 1.63 bits per heavy atom. The lowest BCUT2D eigenvalue weighted by atomic mass is 9.49. The second kappa shape index (κ2) is 12.2. The minimum Gasteiger partial charge on any atom is -0.489 e. The van der Waals surface area contributed by atoms with Crippen LogP contribution in [0.5, 0.6) is 5.75 Å². The lowest BCUT2D eigenvalue weighted by Crippen LogP contribution is -2.51. The molecule has 4 bridgehead atoms. The van der Waals surface area contributed by atoms with Gasteiger partial charge in [0.2, 0.25) is 17.7 Å². The Kier molecular flexibility index (Phi) is 7.95. The monoisotopic (exact) mass is 582 g/mol. The first-order valence-corrected chi connectivity index (χ1v) is 16.0. The van der Waals surface area contributed by atoms with E-state index in [4.69, 9.17) is 9.15 Å². The van der Waals surface area contributed by atoms with Crippen LogP contribution in [0.4, 0.5) is 0 Å². The molecule has 4 aliphatic carbocycles. The molecule has 226 valence electrons. The minimum atomic E-state index is 0.0242. The Labute approximate surface area is 253 Å². The van der Waals surface area contributed by atoms with E-state index in [0.29, 0.717) is 32.0 Å². The highest BCUT2D eigenvalue weighted by Crippen LogP contribution is 2.61. The minimum absolute atomic E-state index is 0.0242. The Bertz CT molecular complexity index is 1380. The zero-order chi connectivity index (χ0) is 29.2. The van der Waals surface area contributed by atoms with Crippen LogP contribution in [0.2, 0.25) is 0 Å². The molecule has 1 N–H and O–H groups in total. The van der Waals surface area contributed by atoms with Crippen molar-refractivity contribution in [3.63, 3.8) is 0 Å². The predicted octanol–water partition coefficient (Wildman–Crippen LogP) is 5.29. The number of amides is 2. The van der Waals surface area contributed by atoms with E-state index >= 15 is 0 Å². The van der Waals surface area contributed by atoms with E-state index in [1.807, 2.05) is 47.4 Å². The number of hydrogen-bond donors (Lipinski definition) is 1. The molecule has 1 aromatic heterocycles. The summed E-state index contributed by atoms with van der Waals surface area (Å²) in [7, 11) is 0. The fourth-order valence-corrected chi connectivity index (χ4v) is 8.64. The van der Waals surface area contributed by atoms with Gasteiger partial charge in [-0.1, -0.05) is 30.3 Å². The number of piperazine rings is 1. The maximum absolute atomic E-state index is 13.0. The van der Waals surface area contributed by atoms with Gasteiger partial charge < -0.3 is 19.4 Å². The van der Waals surface area contributed by atoms with Crippen molar-refractivity contribution in [1.29, 1.82) is 0 Å². The molecule has 0 spiro atoms. The number of carbonyl (C=O) groups excluding carboxylic acids is 2. The number of hydrogen-bond acceptors (Lipinski definition) is 6. The summed E-state index contributed by atoms with van der Waals surface area (Å²) in [5, 5.41) is 2.98. The third kappa shape index (κ3) is 6.49. The molecule has 43 heavy (non-hydrogen) atoms. The number of aromatic nitrogens is 1. The van der Waals surface area contributed by atoms with Crippen molar-refractivity contribution < 1.29 is 18.7 Å². The molecular weight excluding hydrogens is 540 g/mol. The molecular formula is C35H42N4O4. The van der Waals surface area contributed by atoms with E-state index in [1.165, 1.54) is 38.5 Å². The molecule has 8 heteroatoms. The van der Waals surface area contributed by atoms with Gasteiger partial charge >= 0.3 is 0 Å². The molecule has 4 saturated carbocycles. The molecule has 5 fully saturated rings. The second-order valence-electron chi connectivity index (χ2n) is 13.5. The smallest absolute Gasteiger partial charge is 0.242 e. The van der Waals surface area contributed by atoms with Crippen molar-refractivity contribution in [1.82, 2.24) is 20.1 Å². The average molecular weight is 583 g/mol. The van der Waals surface area contributed by atoms with E-state index in [9.17, 15) is 9.59 Å². The first-order chi connectivity index (χ1) is 21.0. The number of benzene rings is 2. The Hall–Kier alpha value is -3.65. The summed E-state index contributed by atoms with van der Waals surface area (Å²) in [6, 6.07) is 16.2. The summed E-state index contributed by atoms with van der Waals surface area (Å²) in [6.45, 7) is 4.28. The second-order valence-corrected chi connectivity index (χ2v) is 13.5. The van der Waals surface area contributed by atoms with Crippen molar-refractivity contribution in [3.8, 4) is 17.2 Å². The standard InChI is InChI=1S/C35H42N4O4/c40-32(21-35-18-26-15-27(19-35)17-28(16-26)20-35)37-22-33(41)39-12-10-38(11-13-39)23-30-3-1-2-4-31(30)43-24-25-5-7-29(8-6-25)34-36-9-14-42-34/h1-9,14,26-28H,10-13,15-24H2,(H,37,40). The summed E-state index contributed by atoms with van der Waals surface area (Å²) < 4.78 is 11.6. The molecule has 1 aliphatic heterocycles. The lowest BCUT2D eigenvalue weighted by Gasteiger charge is -2.56. The van der Waals surface area contributed by atoms with Gasteiger partial charge in [-0.2, -0.15) is 0 Å². The van der Waals surface area contributed by atoms with Crippen LogP contribution >= 0.6 is 0 Å². The van der Waals surface area contributed by atoms with Crippen LogP contribution in [-0.4, -0.2) is 59.3 Å². The topological polar surface area (TPSA) is 87.9 Å². The van der Waals surface area contributed by atoms with Gasteiger partial charge in [-0.25, -0.2) is 4.98 Å². The Balaban J connectivity index is 0.854. The number of nitrogens with zero attached hydrogens (tertiary/aromatic N) is 3. The van der Waals surface area contributed by atoms with Gasteiger partial charge in [0.1, 0.15) is 18.6 Å². The molecule has 2 heterocycles. The van der Waals surface area contributed by atoms with Crippen molar-refractivity contribution in [3.05, 3.63) is 72.1 Å². The fourth-order valence-electron chi connectivity index (χ4n) is 8.64. The summed E-state index contributed by atoms with van der Waals surface area (Å²) in [6.07, 6.45) is 11.6. The molecule has 0 atom stereocenters. The number of ether oxygens (including phenoxy) is 1. The molecule has 2 amide bonds. The van der Waals surface area contributed by atoms with Crippen LogP contribution < -0.4 is 10.1 Å². The molecule has 5 aliphatic rings. The van der Waals surface area contributed by atoms with Gasteiger partial charge in [0.05, 0.1) is 12.7 Å². The first-order valence-electron chi connectivity index (χ1n) is 16.0. The van der Waals surface area contributed by atoms with Crippen molar-refractivity contribution in [2.75, 3.05) is 32.7 Å². The lowest BCUT2D eigenvalue weighted by molar-refractivity contribution is -0.136. The van der Waals surface area contributed by atoms with Crippen molar-refractivity contribution in [2.24, 2.45) is 23.2 Å². The average Bonchev–Trinajstić information content (AvgIpc) is 3.55. The summed E-state index contributed by atoms with van der Waals surface area (Å²) in [5.74, 6) is 4.07. The van der Waals surface area contributed by atoms with Crippen molar-refractivity contribution in [2.45, 2.75) is 58.1 Å². The normalized spacial score (nSPS) is 26.4. The van der Waals surface area contributed by atoms with Crippen molar-refractivity contribution >= 4 is 11.8 Å². The molecule has 3 aromatic rings. The summed E-state index contributed by atoms with van der Waals surface area (Å²) >= 11 is 0. The number of carbonyl (C=O) groups is 2. The van der Waals surface area contributed by atoms with E-state index < -0.39 is 0 Å². The van der Waals surface area contributed by atoms with Gasteiger partial charge in [-0.15, -0.1) is 0 Å². The number of rotatable bonds is 10. The van der Waals surface area contributed by atoms with Gasteiger partial charge in [-0.05, 0) is 85.5 Å². The zero-order valence-corrected chi connectivity index (χ0v) is 24.9. The molecule has 2 aromatic carbocycles. The van der Waals surface area contributed by atoms with Crippen LogP contribution in [0.25, 0.3) is 11.5 Å². The summed E-state index contributed by atoms with van der Waals surface area (Å²) in [5.41, 5.74) is 3.35. The molecule has 0 radical (unpaired) electrons. The van der Waals surface area contributed by atoms with Crippen LogP contribution in [-0.2, 0) is 22.7 Å². The van der Waals surface area contributed by atoms with Crippen LogP contribution in [0.15, 0.2) is 65.4 Å². The van der Waals surface area contributed by atoms with Gasteiger partial charge in [-0.3, -0.25) is 14.5 Å².